The van der Waals surface area contributed by atoms with Crippen LogP contribution in [0.4, 0.5) is 8.78 Å². The van der Waals surface area contributed by atoms with Crippen LogP contribution in [-0.4, -0.2) is 22.9 Å². The average Bonchev–Trinajstić information content (AvgIpc) is 2.89. The van der Waals surface area contributed by atoms with Crippen molar-refractivity contribution in [3.8, 4) is 5.75 Å². The summed E-state index contributed by atoms with van der Waals surface area (Å²) in [4.78, 5) is 0. The molecule has 1 aromatic carbocycles. The Hall–Kier alpha value is -1.95. The first kappa shape index (κ1) is 13.5. The summed E-state index contributed by atoms with van der Waals surface area (Å²) < 4.78 is 30.0. The zero-order valence-corrected chi connectivity index (χ0v) is 10.3. The Morgan fingerprint density at radius 3 is 2.68 bits per heavy atom. The standard InChI is InChI=1S/C13H15F2N3O/c14-13(15)19-12-4-2-11(3-5-12)10-16-7-9-18-8-1-6-17-18/h1-6,8,13,16H,7,9-10H2. The van der Waals surface area contributed by atoms with Crippen molar-refractivity contribution >= 4 is 0 Å². The van der Waals surface area contributed by atoms with Gasteiger partial charge in [-0.05, 0) is 23.8 Å². The second kappa shape index (κ2) is 6.84. The highest BCUT2D eigenvalue weighted by atomic mass is 19.3. The molecule has 0 aliphatic heterocycles. The summed E-state index contributed by atoms with van der Waals surface area (Å²) >= 11 is 0. The first-order chi connectivity index (χ1) is 9.24. The van der Waals surface area contributed by atoms with E-state index in [0.29, 0.717) is 6.54 Å². The van der Waals surface area contributed by atoms with Crippen molar-refractivity contribution in [3.05, 3.63) is 48.3 Å². The lowest BCUT2D eigenvalue weighted by molar-refractivity contribution is -0.0498. The van der Waals surface area contributed by atoms with E-state index in [2.05, 4.69) is 15.2 Å². The van der Waals surface area contributed by atoms with Crippen LogP contribution >= 0.6 is 0 Å². The molecule has 0 bridgehead atoms. The van der Waals surface area contributed by atoms with Crippen molar-refractivity contribution in [1.82, 2.24) is 15.1 Å². The van der Waals surface area contributed by atoms with Gasteiger partial charge in [-0.1, -0.05) is 12.1 Å². The van der Waals surface area contributed by atoms with Gasteiger partial charge in [0.2, 0.25) is 0 Å². The Balaban J connectivity index is 1.71. The van der Waals surface area contributed by atoms with Crippen LogP contribution in [0.1, 0.15) is 5.56 Å². The van der Waals surface area contributed by atoms with Gasteiger partial charge in [0.15, 0.2) is 0 Å². The number of halogens is 2. The Labute approximate surface area is 110 Å². The Bertz CT molecular complexity index is 471. The molecule has 1 aromatic heterocycles. The van der Waals surface area contributed by atoms with Crippen LogP contribution in [-0.2, 0) is 13.1 Å². The topological polar surface area (TPSA) is 39.1 Å². The maximum Gasteiger partial charge on any atom is 0.387 e. The van der Waals surface area contributed by atoms with Gasteiger partial charge in [-0.25, -0.2) is 0 Å². The number of hydrogen-bond donors (Lipinski definition) is 1. The van der Waals surface area contributed by atoms with E-state index in [-0.39, 0.29) is 5.75 Å². The SMILES string of the molecule is FC(F)Oc1ccc(CNCCn2cccn2)cc1. The lowest BCUT2D eigenvalue weighted by Crippen LogP contribution is -2.19. The molecule has 0 saturated heterocycles. The number of hydrogen-bond acceptors (Lipinski definition) is 3. The van der Waals surface area contributed by atoms with Crippen molar-refractivity contribution in [2.24, 2.45) is 0 Å². The summed E-state index contributed by atoms with van der Waals surface area (Å²) in [7, 11) is 0. The Kier molecular flexibility index (Phi) is 4.85. The number of benzene rings is 1. The van der Waals surface area contributed by atoms with Crippen LogP contribution in [0.25, 0.3) is 0 Å². The fourth-order valence-electron chi connectivity index (χ4n) is 1.65. The van der Waals surface area contributed by atoms with E-state index in [1.54, 1.807) is 18.3 Å². The lowest BCUT2D eigenvalue weighted by Gasteiger charge is -2.07. The van der Waals surface area contributed by atoms with E-state index in [9.17, 15) is 8.78 Å². The van der Waals surface area contributed by atoms with E-state index in [1.165, 1.54) is 12.1 Å². The number of ether oxygens (including phenoxy) is 1. The van der Waals surface area contributed by atoms with Crippen molar-refractivity contribution in [2.75, 3.05) is 6.54 Å². The minimum atomic E-state index is -2.78. The molecule has 0 aliphatic carbocycles. The highest BCUT2D eigenvalue weighted by Crippen LogP contribution is 2.14. The Morgan fingerprint density at radius 2 is 2.05 bits per heavy atom. The van der Waals surface area contributed by atoms with Crippen LogP contribution < -0.4 is 10.1 Å². The second-order valence-corrected chi connectivity index (χ2v) is 3.97. The molecule has 19 heavy (non-hydrogen) atoms. The molecule has 0 saturated carbocycles. The molecule has 0 amide bonds. The van der Waals surface area contributed by atoms with Gasteiger partial charge in [-0.2, -0.15) is 13.9 Å². The van der Waals surface area contributed by atoms with E-state index >= 15 is 0 Å². The molecule has 0 spiro atoms. The van der Waals surface area contributed by atoms with Gasteiger partial charge in [0.1, 0.15) is 5.75 Å². The molecular weight excluding hydrogens is 252 g/mol. The molecule has 2 aromatic rings. The first-order valence-electron chi connectivity index (χ1n) is 5.96. The highest BCUT2D eigenvalue weighted by molar-refractivity contribution is 5.27. The summed E-state index contributed by atoms with van der Waals surface area (Å²) in [5.74, 6) is 0.176. The van der Waals surface area contributed by atoms with Gasteiger partial charge in [-0.3, -0.25) is 4.68 Å². The van der Waals surface area contributed by atoms with E-state index < -0.39 is 6.61 Å². The molecule has 0 aliphatic rings. The third-order valence-corrected chi connectivity index (χ3v) is 2.55. The van der Waals surface area contributed by atoms with Crippen LogP contribution in [0, 0.1) is 0 Å². The first-order valence-corrected chi connectivity index (χ1v) is 5.96. The molecule has 1 N–H and O–H groups in total. The van der Waals surface area contributed by atoms with Crippen molar-refractivity contribution in [2.45, 2.75) is 19.7 Å². The molecule has 2 rings (SSSR count). The predicted octanol–water partition coefficient (Wildman–Crippen LogP) is 2.27. The summed E-state index contributed by atoms with van der Waals surface area (Å²) in [5.41, 5.74) is 1.02. The molecule has 0 unspecified atom stereocenters. The monoisotopic (exact) mass is 267 g/mol. The van der Waals surface area contributed by atoms with Crippen LogP contribution in [0.3, 0.4) is 0 Å². The number of rotatable bonds is 7. The molecule has 6 heteroatoms. The predicted molar refractivity (Wildman–Crippen MR) is 67.0 cm³/mol. The molecular formula is C13H15F2N3O. The number of alkyl halides is 2. The molecule has 1 heterocycles. The van der Waals surface area contributed by atoms with E-state index in [1.807, 2.05) is 16.9 Å². The average molecular weight is 267 g/mol. The quantitative estimate of drug-likeness (QED) is 0.782. The van der Waals surface area contributed by atoms with Crippen LogP contribution in [0.15, 0.2) is 42.7 Å². The zero-order chi connectivity index (χ0) is 13.5. The summed E-state index contributed by atoms with van der Waals surface area (Å²) in [6, 6.07) is 8.48. The number of aromatic nitrogens is 2. The van der Waals surface area contributed by atoms with Crippen LogP contribution in [0.2, 0.25) is 0 Å². The lowest BCUT2D eigenvalue weighted by atomic mass is 10.2. The smallest absolute Gasteiger partial charge is 0.387 e. The molecule has 4 nitrogen and oxygen atoms in total. The summed E-state index contributed by atoms with van der Waals surface area (Å²) in [6.45, 7) is -0.523. The largest absolute Gasteiger partial charge is 0.435 e. The molecule has 102 valence electrons. The number of nitrogens with zero attached hydrogens (tertiary/aromatic N) is 2. The minimum Gasteiger partial charge on any atom is -0.435 e. The van der Waals surface area contributed by atoms with Gasteiger partial charge in [-0.15, -0.1) is 0 Å². The molecule has 0 atom stereocenters. The summed E-state index contributed by atoms with van der Waals surface area (Å²) in [5, 5.41) is 7.34. The minimum absolute atomic E-state index is 0.176. The van der Waals surface area contributed by atoms with Gasteiger partial charge in [0.25, 0.3) is 0 Å². The van der Waals surface area contributed by atoms with Gasteiger partial charge >= 0.3 is 6.61 Å². The fourth-order valence-corrected chi connectivity index (χ4v) is 1.65. The van der Waals surface area contributed by atoms with Gasteiger partial charge in [0.05, 0.1) is 6.54 Å². The maximum atomic E-state index is 12.0. The third-order valence-electron chi connectivity index (χ3n) is 2.55. The van der Waals surface area contributed by atoms with Gasteiger partial charge < -0.3 is 10.1 Å². The van der Waals surface area contributed by atoms with E-state index in [0.717, 1.165) is 18.7 Å². The third kappa shape index (κ3) is 4.67. The molecule has 0 radical (unpaired) electrons. The zero-order valence-electron chi connectivity index (χ0n) is 10.3. The van der Waals surface area contributed by atoms with E-state index in [4.69, 9.17) is 0 Å². The highest BCUT2D eigenvalue weighted by Gasteiger charge is 2.03. The second-order valence-electron chi connectivity index (χ2n) is 3.97. The van der Waals surface area contributed by atoms with Crippen LogP contribution in [0.5, 0.6) is 5.75 Å². The maximum absolute atomic E-state index is 12.0. The van der Waals surface area contributed by atoms with Crippen molar-refractivity contribution in [3.63, 3.8) is 0 Å². The normalized spacial score (nSPS) is 10.9. The van der Waals surface area contributed by atoms with Gasteiger partial charge in [0, 0.05) is 25.5 Å². The molecule has 0 fully saturated rings. The van der Waals surface area contributed by atoms with Crippen molar-refractivity contribution < 1.29 is 13.5 Å². The van der Waals surface area contributed by atoms with Crippen molar-refractivity contribution in [1.29, 1.82) is 0 Å². The number of nitrogens with one attached hydrogen (secondary N) is 1. The summed E-state index contributed by atoms with van der Waals surface area (Å²) in [6.07, 6.45) is 3.64. The Morgan fingerprint density at radius 1 is 1.26 bits per heavy atom. The fraction of sp³-hybridized carbons (Fsp3) is 0.308.